The molecule has 1 aromatic rings. The number of carbonyl (C=O) groups excluding carboxylic acids is 3. The second-order valence-corrected chi connectivity index (χ2v) is 6.06. The van der Waals surface area contributed by atoms with Crippen LogP contribution in [-0.2, 0) is 14.3 Å². The maximum absolute atomic E-state index is 12.1. The molecule has 0 spiro atoms. The molecule has 0 bridgehead atoms. The number of rotatable bonds is 4. The fraction of sp³-hybridized carbons (Fsp3) is 0.529. The first kappa shape index (κ1) is 17.9. The molecule has 1 amide bonds. The van der Waals surface area contributed by atoms with Gasteiger partial charge in [-0.15, -0.1) is 0 Å². The minimum absolute atomic E-state index is 0.0242. The number of Topliss-reactive ketones (excluding diaryl/α,β-unsaturated/α-hetero) is 1. The van der Waals surface area contributed by atoms with Gasteiger partial charge < -0.3 is 9.47 Å². The topological polar surface area (TPSA) is 85.8 Å². The molecule has 1 aliphatic rings. The number of likely N-dealkylation sites (N-methyl/N-ethyl adjacent to an activating group) is 1. The zero-order valence-corrected chi connectivity index (χ0v) is 14.2. The molecule has 1 saturated carbocycles. The van der Waals surface area contributed by atoms with Crippen LogP contribution in [0.25, 0.3) is 0 Å². The van der Waals surface area contributed by atoms with Gasteiger partial charge in [0, 0.05) is 19.7 Å². The highest BCUT2D eigenvalue weighted by atomic mass is 16.7. The number of ether oxygens (including phenoxy) is 2. The van der Waals surface area contributed by atoms with Crippen LogP contribution >= 0.6 is 0 Å². The van der Waals surface area contributed by atoms with Crippen molar-refractivity contribution in [2.24, 2.45) is 0 Å². The van der Waals surface area contributed by atoms with Gasteiger partial charge in [0.1, 0.15) is 5.54 Å². The monoisotopic (exact) mass is 334 g/mol. The number of hydrogen-bond acceptors (Lipinski definition) is 6. The SMILES string of the molecule is Cc1ncccc1C(=O)OCOC(=O)N(C)[C@]1(C)CCCCC1=O. The van der Waals surface area contributed by atoms with E-state index in [1.807, 2.05) is 0 Å². The van der Waals surface area contributed by atoms with Gasteiger partial charge in [0.05, 0.1) is 11.3 Å². The van der Waals surface area contributed by atoms with Gasteiger partial charge in [0.15, 0.2) is 5.78 Å². The van der Waals surface area contributed by atoms with Gasteiger partial charge in [-0.05, 0) is 38.8 Å². The average molecular weight is 334 g/mol. The number of ketones is 1. The molecule has 0 unspecified atom stereocenters. The van der Waals surface area contributed by atoms with E-state index in [0.29, 0.717) is 24.1 Å². The zero-order chi connectivity index (χ0) is 17.7. The van der Waals surface area contributed by atoms with Crippen molar-refractivity contribution >= 4 is 17.8 Å². The Morgan fingerprint density at radius 3 is 2.75 bits per heavy atom. The molecule has 1 aliphatic carbocycles. The Kier molecular flexibility index (Phi) is 5.54. The summed E-state index contributed by atoms with van der Waals surface area (Å²) in [7, 11) is 1.53. The van der Waals surface area contributed by atoms with Crippen molar-refractivity contribution in [1.82, 2.24) is 9.88 Å². The second kappa shape index (κ2) is 7.42. The van der Waals surface area contributed by atoms with Crippen molar-refractivity contribution in [2.75, 3.05) is 13.8 Å². The standard InChI is InChI=1S/C17H22N2O5/c1-12-13(7-6-10-18-12)15(21)23-11-24-16(22)19(3)17(2)9-5-4-8-14(17)20/h6-7,10H,4-5,8-9,11H2,1-3H3/t17-/m1/s1. The van der Waals surface area contributed by atoms with Gasteiger partial charge in [-0.1, -0.05) is 6.42 Å². The van der Waals surface area contributed by atoms with Crippen LogP contribution in [0.15, 0.2) is 18.3 Å². The predicted octanol–water partition coefficient (Wildman–Crippen LogP) is 2.47. The summed E-state index contributed by atoms with van der Waals surface area (Å²) in [6, 6.07) is 3.21. The number of aromatic nitrogens is 1. The molecule has 130 valence electrons. The summed E-state index contributed by atoms with van der Waals surface area (Å²) in [5.41, 5.74) is -0.0122. The van der Waals surface area contributed by atoms with Crippen LogP contribution in [0.2, 0.25) is 0 Å². The molecule has 24 heavy (non-hydrogen) atoms. The lowest BCUT2D eigenvalue weighted by atomic mass is 9.81. The maximum Gasteiger partial charge on any atom is 0.413 e. The molecule has 0 N–H and O–H groups in total. The second-order valence-electron chi connectivity index (χ2n) is 6.06. The normalized spacial score (nSPS) is 20.4. The van der Waals surface area contributed by atoms with Crippen LogP contribution in [0.4, 0.5) is 4.79 Å². The Labute approximate surface area is 140 Å². The lowest BCUT2D eigenvalue weighted by molar-refractivity contribution is -0.131. The minimum atomic E-state index is -0.862. The molecule has 7 heteroatoms. The van der Waals surface area contributed by atoms with E-state index in [1.165, 1.54) is 11.9 Å². The molecule has 2 rings (SSSR count). The van der Waals surface area contributed by atoms with E-state index in [9.17, 15) is 14.4 Å². The predicted molar refractivity (Wildman–Crippen MR) is 85.4 cm³/mol. The van der Waals surface area contributed by atoms with E-state index in [1.54, 1.807) is 32.2 Å². The summed E-state index contributed by atoms with van der Waals surface area (Å²) in [5, 5.41) is 0. The smallest absolute Gasteiger partial charge is 0.413 e. The lowest BCUT2D eigenvalue weighted by Gasteiger charge is -2.39. The van der Waals surface area contributed by atoms with Gasteiger partial charge in [-0.2, -0.15) is 0 Å². The number of aryl methyl sites for hydroxylation is 1. The first-order valence-electron chi connectivity index (χ1n) is 7.89. The van der Waals surface area contributed by atoms with Gasteiger partial charge in [0.2, 0.25) is 6.79 Å². The molecule has 7 nitrogen and oxygen atoms in total. The van der Waals surface area contributed by atoms with Crippen LogP contribution in [0.5, 0.6) is 0 Å². The van der Waals surface area contributed by atoms with E-state index in [-0.39, 0.29) is 5.78 Å². The van der Waals surface area contributed by atoms with E-state index in [2.05, 4.69) is 4.98 Å². The third-order valence-corrected chi connectivity index (χ3v) is 4.53. The van der Waals surface area contributed by atoms with Crippen molar-refractivity contribution in [3.8, 4) is 0 Å². The zero-order valence-electron chi connectivity index (χ0n) is 14.2. The molecule has 0 saturated heterocycles. The Hall–Kier alpha value is -2.44. The summed E-state index contributed by atoms with van der Waals surface area (Å²) in [6.07, 6.45) is 3.68. The lowest BCUT2D eigenvalue weighted by Crippen LogP contribution is -2.54. The summed E-state index contributed by atoms with van der Waals surface area (Å²) in [4.78, 5) is 41.4. The van der Waals surface area contributed by atoms with Gasteiger partial charge in [-0.3, -0.25) is 14.7 Å². The summed E-state index contributed by atoms with van der Waals surface area (Å²) < 4.78 is 9.92. The molecule has 0 aliphatic heterocycles. The number of esters is 1. The number of amides is 1. The molecule has 0 radical (unpaired) electrons. The molecule has 1 heterocycles. The Morgan fingerprint density at radius 1 is 1.33 bits per heavy atom. The first-order valence-corrected chi connectivity index (χ1v) is 7.89. The molecule has 0 aromatic carbocycles. The van der Waals surface area contributed by atoms with Gasteiger partial charge >= 0.3 is 12.1 Å². The summed E-state index contributed by atoms with van der Waals surface area (Å²) >= 11 is 0. The van der Waals surface area contributed by atoms with Crippen LogP contribution in [0, 0.1) is 6.92 Å². The molecular weight excluding hydrogens is 312 g/mol. The van der Waals surface area contributed by atoms with Crippen LogP contribution < -0.4 is 0 Å². The van der Waals surface area contributed by atoms with Crippen molar-refractivity contribution in [2.45, 2.75) is 45.1 Å². The number of hydrogen-bond donors (Lipinski definition) is 0. The van der Waals surface area contributed by atoms with Crippen LogP contribution in [0.1, 0.15) is 48.7 Å². The largest absolute Gasteiger partial charge is 0.424 e. The molecule has 1 fully saturated rings. The first-order chi connectivity index (χ1) is 11.4. The minimum Gasteiger partial charge on any atom is -0.424 e. The Morgan fingerprint density at radius 2 is 2.08 bits per heavy atom. The quantitative estimate of drug-likeness (QED) is 0.621. The van der Waals surface area contributed by atoms with Crippen LogP contribution in [0.3, 0.4) is 0 Å². The van der Waals surface area contributed by atoms with Gasteiger partial charge in [0.25, 0.3) is 0 Å². The van der Waals surface area contributed by atoms with Crippen molar-refractivity contribution in [3.63, 3.8) is 0 Å². The van der Waals surface area contributed by atoms with Crippen molar-refractivity contribution < 1.29 is 23.9 Å². The van der Waals surface area contributed by atoms with E-state index >= 15 is 0 Å². The summed E-state index contributed by atoms with van der Waals surface area (Å²) in [6.45, 7) is 2.91. The van der Waals surface area contributed by atoms with Gasteiger partial charge in [-0.25, -0.2) is 9.59 Å². The maximum atomic E-state index is 12.1. The van der Waals surface area contributed by atoms with Crippen molar-refractivity contribution in [3.05, 3.63) is 29.6 Å². The molecule has 1 aromatic heterocycles. The number of carbonyl (C=O) groups is 3. The highest BCUT2D eigenvalue weighted by Gasteiger charge is 2.41. The molecular formula is C17H22N2O5. The fourth-order valence-electron chi connectivity index (χ4n) is 2.73. The average Bonchev–Trinajstić information content (AvgIpc) is 2.57. The Bertz CT molecular complexity index is 646. The number of nitrogens with zero attached hydrogens (tertiary/aromatic N) is 2. The van der Waals surface area contributed by atoms with E-state index in [4.69, 9.17) is 9.47 Å². The third-order valence-electron chi connectivity index (χ3n) is 4.53. The third kappa shape index (κ3) is 3.72. The highest BCUT2D eigenvalue weighted by molar-refractivity contribution is 5.92. The van der Waals surface area contributed by atoms with E-state index in [0.717, 1.165) is 12.8 Å². The summed E-state index contributed by atoms with van der Waals surface area (Å²) in [5.74, 6) is -0.591. The highest BCUT2D eigenvalue weighted by Crippen LogP contribution is 2.29. The Balaban J connectivity index is 1.88. The van der Waals surface area contributed by atoms with Crippen molar-refractivity contribution in [1.29, 1.82) is 0 Å². The molecule has 1 atom stereocenters. The number of pyridine rings is 1. The van der Waals surface area contributed by atoms with Crippen LogP contribution in [-0.4, -0.2) is 47.1 Å². The fourth-order valence-corrected chi connectivity index (χ4v) is 2.73. The van der Waals surface area contributed by atoms with E-state index < -0.39 is 24.4 Å².